The van der Waals surface area contributed by atoms with Crippen molar-refractivity contribution in [2.45, 2.75) is 26.2 Å². The molecule has 5 heteroatoms. The monoisotopic (exact) mass is 320 g/mol. The molecule has 0 saturated carbocycles. The van der Waals surface area contributed by atoms with Crippen LogP contribution in [0.4, 0.5) is 0 Å². The molecule has 3 nitrogen and oxygen atoms in total. The smallest absolute Gasteiger partial charge is 0.265 e. The minimum atomic E-state index is 0.130. The molecule has 0 spiro atoms. The molecule has 2 heterocycles. The lowest BCUT2D eigenvalue weighted by Crippen LogP contribution is -2.35. The van der Waals surface area contributed by atoms with Crippen LogP contribution in [0, 0.1) is 6.92 Å². The zero-order valence-electron chi connectivity index (χ0n) is 11.9. The van der Waals surface area contributed by atoms with Gasteiger partial charge in [0.25, 0.3) is 5.91 Å². The maximum Gasteiger partial charge on any atom is 0.265 e. The number of carbonyl (C=O) groups is 1. The Hall–Kier alpha value is -1.39. The highest BCUT2D eigenvalue weighted by Crippen LogP contribution is 2.30. The number of hydrogen-bond acceptors (Lipinski definition) is 3. The number of aromatic nitrogens is 1. The number of aryl methyl sites for hydroxylation is 1. The first kappa shape index (κ1) is 14.5. The first-order chi connectivity index (χ1) is 10.1. The summed E-state index contributed by atoms with van der Waals surface area (Å²) in [6, 6.07) is 7.57. The van der Waals surface area contributed by atoms with Crippen LogP contribution >= 0.6 is 22.9 Å². The molecule has 0 bridgehead atoms. The molecule has 0 radical (unpaired) electrons. The summed E-state index contributed by atoms with van der Waals surface area (Å²) in [6.07, 6.45) is 3.43. The molecule has 1 saturated heterocycles. The SMILES string of the molecule is Cc1nc(-c2ccc(Cl)cc2)sc1C(=O)N1CCCCC1. The Bertz CT molecular complexity index is 645. The van der Waals surface area contributed by atoms with Gasteiger partial charge in [0, 0.05) is 23.7 Å². The van der Waals surface area contributed by atoms with Gasteiger partial charge in [0.15, 0.2) is 0 Å². The lowest BCUT2D eigenvalue weighted by molar-refractivity contribution is 0.0728. The highest BCUT2D eigenvalue weighted by Gasteiger charge is 2.23. The second-order valence-electron chi connectivity index (χ2n) is 5.29. The summed E-state index contributed by atoms with van der Waals surface area (Å²) in [5, 5.41) is 1.58. The van der Waals surface area contributed by atoms with E-state index in [9.17, 15) is 4.79 Å². The van der Waals surface area contributed by atoms with Crippen LogP contribution in [0.25, 0.3) is 10.6 Å². The van der Waals surface area contributed by atoms with Gasteiger partial charge < -0.3 is 4.90 Å². The van der Waals surface area contributed by atoms with Crippen LogP contribution in [0.5, 0.6) is 0 Å². The molecule has 2 aromatic rings. The van der Waals surface area contributed by atoms with Crippen molar-refractivity contribution in [3.05, 3.63) is 39.9 Å². The Morgan fingerprint density at radius 2 is 1.86 bits per heavy atom. The van der Waals surface area contributed by atoms with E-state index in [0.717, 1.165) is 47.1 Å². The molecule has 0 N–H and O–H groups in total. The van der Waals surface area contributed by atoms with Crippen LogP contribution in [-0.4, -0.2) is 28.9 Å². The zero-order chi connectivity index (χ0) is 14.8. The Morgan fingerprint density at radius 3 is 2.52 bits per heavy atom. The Kier molecular flexibility index (Phi) is 4.27. The third kappa shape index (κ3) is 3.11. The van der Waals surface area contributed by atoms with Crippen molar-refractivity contribution in [2.75, 3.05) is 13.1 Å². The molecule has 0 unspecified atom stereocenters. The summed E-state index contributed by atoms with van der Waals surface area (Å²) in [7, 11) is 0. The minimum Gasteiger partial charge on any atom is -0.338 e. The Balaban J connectivity index is 1.87. The van der Waals surface area contributed by atoms with Gasteiger partial charge in [-0.1, -0.05) is 23.7 Å². The summed E-state index contributed by atoms with van der Waals surface area (Å²) in [5.41, 5.74) is 1.82. The maximum atomic E-state index is 12.6. The van der Waals surface area contributed by atoms with Gasteiger partial charge in [-0.2, -0.15) is 0 Å². The van der Waals surface area contributed by atoms with Crippen LogP contribution in [0.3, 0.4) is 0 Å². The van der Waals surface area contributed by atoms with Crippen molar-refractivity contribution < 1.29 is 4.79 Å². The molecule has 1 aromatic heterocycles. The van der Waals surface area contributed by atoms with Gasteiger partial charge in [0.1, 0.15) is 9.88 Å². The summed E-state index contributed by atoms with van der Waals surface area (Å²) in [4.78, 5) is 19.9. The van der Waals surface area contributed by atoms with Crippen LogP contribution in [0.2, 0.25) is 5.02 Å². The quantitative estimate of drug-likeness (QED) is 0.821. The molecule has 0 aliphatic carbocycles. The molecule has 110 valence electrons. The number of carbonyl (C=O) groups excluding carboxylic acids is 1. The van der Waals surface area contributed by atoms with E-state index in [4.69, 9.17) is 11.6 Å². The normalized spacial score (nSPS) is 15.2. The topological polar surface area (TPSA) is 33.2 Å². The first-order valence-electron chi connectivity index (χ1n) is 7.18. The van der Waals surface area contributed by atoms with Crippen LogP contribution in [0.1, 0.15) is 34.6 Å². The number of amides is 1. The fraction of sp³-hybridized carbons (Fsp3) is 0.375. The van der Waals surface area contributed by atoms with E-state index in [0.29, 0.717) is 5.02 Å². The predicted octanol–water partition coefficient (Wildman–Crippen LogP) is 4.40. The summed E-state index contributed by atoms with van der Waals surface area (Å²) >= 11 is 7.38. The molecule has 3 rings (SSSR count). The highest BCUT2D eigenvalue weighted by molar-refractivity contribution is 7.17. The predicted molar refractivity (Wildman–Crippen MR) is 87.1 cm³/mol. The van der Waals surface area contributed by atoms with E-state index < -0.39 is 0 Å². The standard InChI is InChI=1S/C16H17ClN2OS/c1-11-14(16(20)19-9-3-2-4-10-19)21-15(18-11)12-5-7-13(17)8-6-12/h5-8H,2-4,9-10H2,1H3. The van der Waals surface area contributed by atoms with E-state index in [-0.39, 0.29) is 5.91 Å². The third-order valence-electron chi connectivity index (χ3n) is 3.73. The fourth-order valence-electron chi connectivity index (χ4n) is 2.55. The van der Waals surface area contributed by atoms with Gasteiger partial charge in [-0.05, 0) is 38.3 Å². The van der Waals surface area contributed by atoms with Crippen LogP contribution < -0.4 is 0 Å². The van der Waals surface area contributed by atoms with E-state index in [1.54, 1.807) is 0 Å². The number of piperidine rings is 1. The van der Waals surface area contributed by atoms with E-state index in [1.807, 2.05) is 36.1 Å². The van der Waals surface area contributed by atoms with Crippen molar-refractivity contribution in [3.63, 3.8) is 0 Å². The van der Waals surface area contributed by atoms with E-state index in [2.05, 4.69) is 4.98 Å². The number of likely N-dealkylation sites (tertiary alicyclic amines) is 1. The third-order valence-corrected chi connectivity index (χ3v) is 5.17. The highest BCUT2D eigenvalue weighted by atomic mass is 35.5. The molecular weight excluding hydrogens is 304 g/mol. The molecule has 1 aliphatic rings. The number of nitrogens with zero attached hydrogens (tertiary/aromatic N) is 2. The lowest BCUT2D eigenvalue weighted by Gasteiger charge is -2.26. The minimum absolute atomic E-state index is 0.130. The Labute approximate surface area is 133 Å². The van der Waals surface area contributed by atoms with E-state index >= 15 is 0 Å². The first-order valence-corrected chi connectivity index (χ1v) is 8.37. The van der Waals surface area contributed by atoms with Gasteiger partial charge in [-0.15, -0.1) is 11.3 Å². The number of benzene rings is 1. The molecule has 1 aliphatic heterocycles. The van der Waals surface area contributed by atoms with Crippen molar-refractivity contribution in [1.82, 2.24) is 9.88 Å². The van der Waals surface area contributed by atoms with Crippen molar-refractivity contribution in [2.24, 2.45) is 0 Å². The molecular formula is C16H17ClN2OS. The second kappa shape index (κ2) is 6.16. The number of rotatable bonds is 2. The summed E-state index contributed by atoms with van der Waals surface area (Å²) in [6.45, 7) is 3.64. The van der Waals surface area contributed by atoms with E-state index in [1.165, 1.54) is 17.8 Å². The van der Waals surface area contributed by atoms with Gasteiger partial charge in [0.2, 0.25) is 0 Å². The van der Waals surface area contributed by atoms with Crippen molar-refractivity contribution >= 4 is 28.8 Å². The summed E-state index contributed by atoms with van der Waals surface area (Å²) < 4.78 is 0. The molecule has 1 amide bonds. The fourth-order valence-corrected chi connectivity index (χ4v) is 3.72. The molecule has 1 fully saturated rings. The van der Waals surface area contributed by atoms with Crippen LogP contribution in [0.15, 0.2) is 24.3 Å². The zero-order valence-corrected chi connectivity index (χ0v) is 13.5. The average Bonchev–Trinajstić information content (AvgIpc) is 2.90. The van der Waals surface area contributed by atoms with Gasteiger partial charge in [-0.25, -0.2) is 4.98 Å². The maximum absolute atomic E-state index is 12.6. The number of halogens is 1. The molecule has 1 aromatic carbocycles. The van der Waals surface area contributed by atoms with Gasteiger partial charge >= 0.3 is 0 Å². The average molecular weight is 321 g/mol. The second-order valence-corrected chi connectivity index (χ2v) is 6.73. The molecule has 21 heavy (non-hydrogen) atoms. The van der Waals surface area contributed by atoms with Gasteiger partial charge in [-0.3, -0.25) is 4.79 Å². The van der Waals surface area contributed by atoms with Crippen molar-refractivity contribution in [3.8, 4) is 10.6 Å². The lowest BCUT2D eigenvalue weighted by atomic mass is 10.1. The Morgan fingerprint density at radius 1 is 1.19 bits per heavy atom. The molecule has 0 atom stereocenters. The largest absolute Gasteiger partial charge is 0.338 e. The van der Waals surface area contributed by atoms with Gasteiger partial charge in [0.05, 0.1) is 5.69 Å². The van der Waals surface area contributed by atoms with Crippen molar-refractivity contribution in [1.29, 1.82) is 0 Å². The van der Waals surface area contributed by atoms with Crippen LogP contribution in [-0.2, 0) is 0 Å². The summed E-state index contributed by atoms with van der Waals surface area (Å²) in [5.74, 6) is 0.130. The number of thiazole rings is 1. The number of hydrogen-bond donors (Lipinski definition) is 0.